The fraction of sp³-hybridized carbons (Fsp3) is 1.00. The van der Waals surface area contributed by atoms with Gasteiger partial charge in [0, 0.05) is 14.5 Å². The minimum Gasteiger partial charge on any atom is -0.287 e. The van der Waals surface area contributed by atoms with Crippen molar-refractivity contribution in [3.63, 3.8) is 0 Å². The maximum Gasteiger partial charge on any atom is 0.474 e. The van der Waals surface area contributed by atoms with Gasteiger partial charge in [-0.3, -0.25) is 13.6 Å². The van der Waals surface area contributed by atoms with Crippen LogP contribution in [0.4, 0.5) is 0 Å². The summed E-state index contributed by atoms with van der Waals surface area (Å²) in [5, 5.41) is 0. The molecule has 0 N–H and O–H groups in total. The van der Waals surface area contributed by atoms with Gasteiger partial charge in [0.1, 0.15) is 0 Å². The molecule has 0 fully saturated rings. The van der Waals surface area contributed by atoms with Gasteiger partial charge < -0.3 is 0 Å². The van der Waals surface area contributed by atoms with Crippen molar-refractivity contribution < 1.29 is 18.1 Å². The van der Waals surface area contributed by atoms with Crippen molar-refractivity contribution in [2.75, 3.05) is 19.8 Å². The van der Waals surface area contributed by atoms with Crippen LogP contribution in [0.25, 0.3) is 0 Å². The molecule has 26 heavy (non-hydrogen) atoms. The Labute approximate surface area is 185 Å². The maximum absolute atomic E-state index is 13.2. The third-order valence-electron chi connectivity index (χ3n) is 4.86. The van der Waals surface area contributed by atoms with E-state index in [4.69, 9.17) is 13.6 Å². The normalized spacial score (nSPS) is 21.4. The largest absolute Gasteiger partial charge is 0.474 e. The summed E-state index contributed by atoms with van der Waals surface area (Å²) in [5.74, 6) is 0.763. The standard InChI is InChI=1S/C18H36Br3O4P/c1-7-16(13(4)19)10-23-26(22,24-11-17(8-2)14(5)20)25-12-18(9-3)15(6)21/h13-18H,7-12H2,1-6H3. The van der Waals surface area contributed by atoms with Crippen molar-refractivity contribution in [1.29, 1.82) is 0 Å². The van der Waals surface area contributed by atoms with E-state index in [1.807, 2.05) is 0 Å². The Morgan fingerprint density at radius 3 is 1.04 bits per heavy atom. The van der Waals surface area contributed by atoms with E-state index in [-0.39, 0.29) is 32.2 Å². The van der Waals surface area contributed by atoms with E-state index in [9.17, 15) is 4.57 Å². The number of phosphoric ester groups is 1. The van der Waals surface area contributed by atoms with Crippen molar-refractivity contribution in [2.45, 2.75) is 75.3 Å². The van der Waals surface area contributed by atoms with E-state index in [1.165, 1.54) is 0 Å². The summed E-state index contributed by atoms with van der Waals surface area (Å²) >= 11 is 10.8. The average molecular weight is 587 g/mol. The first-order valence-corrected chi connectivity index (χ1v) is 13.8. The minimum atomic E-state index is -3.60. The van der Waals surface area contributed by atoms with Gasteiger partial charge in [0.2, 0.25) is 0 Å². The molecule has 4 nitrogen and oxygen atoms in total. The Hall–Kier alpha value is 1.55. The fourth-order valence-electron chi connectivity index (χ4n) is 2.40. The van der Waals surface area contributed by atoms with Crippen molar-refractivity contribution in [3.8, 4) is 0 Å². The number of halogens is 3. The lowest BCUT2D eigenvalue weighted by atomic mass is 10.1. The van der Waals surface area contributed by atoms with Crippen molar-refractivity contribution in [1.82, 2.24) is 0 Å². The van der Waals surface area contributed by atoms with Crippen LogP contribution in [0.15, 0.2) is 0 Å². The van der Waals surface area contributed by atoms with Crippen LogP contribution in [0.3, 0.4) is 0 Å². The lowest BCUT2D eigenvalue weighted by Gasteiger charge is -2.26. The SMILES string of the molecule is CCC(COP(=O)(OCC(CC)C(C)Br)OCC(CC)C(C)Br)C(C)Br. The first-order chi connectivity index (χ1) is 12.1. The van der Waals surface area contributed by atoms with E-state index >= 15 is 0 Å². The Balaban J connectivity index is 5.02. The van der Waals surface area contributed by atoms with Gasteiger partial charge in [-0.1, -0.05) is 109 Å². The zero-order valence-corrected chi connectivity index (χ0v) is 22.6. The molecule has 0 bridgehead atoms. The summed E-state index contributed by atoms with van der Waals surface area (Å²) in [4.78, 5) is 0.827. The molecule has 0 aliphatic rings. The highest BCUT2D eigenvalue weighted by molar-refractivity contribution is 9.10. The lowest BCUT2D eigenvalue weighted by Crippen LogP contribution is -2.22. The summed E-state index contributed by atoms with van der Waals surface area (Å²) in [6, 6.07) is 0. The quantitative estimate of drug-likeness (QED) is 0.147. The number of alkyl halides is 3. The van der Waals surface area contributed by atoms with Gasteiger partial charge in [-0.15, -0.1) is 0 Å². The van der Waals surface area contributed by atoms with Crippen LogP contribution in [0.5, 0.6) is 0 Å². The van der Waals surface area contributed by atoms with Crippen LogP contribution >= 0.6 is 55.6 Å². The molecular formula is C18H36Br3O4P. The van der Waals surface area contributed by atoms with Gasteiger partial charge >= 0.3 is 7.82 Å². The second-order valence-electron chi connectivity index (χ2n) is 6.87. The fourth-order valence-corrected chi connectivity index (χ4v) is 5.32. The second-order valence-corrected chi connectivity index (χ2v) is 12.9. The summed E-state index contributed by atoms with van der Waals surface area (Å²) in [5.41, 5.74) is 0. The van der Waals surface area contributed by atoms with E-state index in [1.54, 1.807) is 0 Å². The average Bonchev–Trinajstić information content (AvgIpc) is 2.55. The van der Waals surface area contributed by atoms with E-state index < -0.39 is 7.82 Å². The molecule has 0 aromatic heterocycles. The molecule has 6 atom stereocenters. The molecule has 0 heterocycles. The zero-order valence-electron chi connectivity index (χ0n) is 16.9. The lowest BCUT2D eigenvalue weighted by molar-refractivity contribution is 0.0779. The topological polar surface area (TPSA) is 44.8 Å². The molecule has 0 aromatic carbocycles. The minimum absolute atomic E-state index is 0.254. The van der Waals surface area contributed by atoms with Gasteiger partial charge in [0.25, 0.3) is 0 Å². The van der Waals surface area contributed by atoms with Crippen LogP contribution in [0.1, 0.15) is 60.8 Å². The Kier molecular flexibility index (Phi) is 15.4. The van der Waals surface area contributed by atoms with Gasteiger partial charge in [-0.25, -0.2) is 4.57 Å². The third-order valence-corrected chi connectivity index (χ3v) is 8.50. The number of rotatable bonds is 15. The zero-order chi connectivity index (χ0) is 20.3. The van der Waals surface area contributed by atoms with E-state index in [0.29, 0.717) is 19.8 Å². The van der Waals surface area contributed by atoms with Crippen LogP contribution in [-0.2, 0) is 18.1 Å². The molecule has 0 spiro atoms. The Bertz CT molecular complexity index is 351. The molecule has 0 aromatic rings. The number of hydrogen-bond acceptors (Lipinski definition) is 4. The molecule has 0 amide bonds. The maximum atomic E-state index is 13.2. The summed E-state index contributed by atoms with van der Waals surface area (Å²) in [6.45, 7) is 13.5. The monoisotopic (exact) mass is 584 g/mol. The Morgan fingerprint density at radius 1 is 0.654 bits per heavy atom. The highest BCUT2D eigenvalue weighted by Crippen LogP contribution is 2.51. The van der Waals surface area contributed by atoms with Crippen LogP contribution in [0, 0.1) is 17.8 Å². The van der Waals surface area contributed by atoms with Gasteiger partial charge in [-0.2, -0.15) is 0 Å². The van der Waals surface area contributed by atoms with Crippen molar-refractivity contribution in [3.05, 3.63) is 0 Å². The molecule has 0 aliphatic carbocycles. The predicted octanol–water partition coefficient (Wildman–Crippen LogP) is 7.57. The summed E-state index contributed by atoms with van der Waals surface area (Å²) in [7, 11) is -3.60. The molecular weight excluding hydrogens is 551 g/mol. The number of hydrogen-bond donors (Lipinski definition) is 0. The number of phosphoric acid groups is 1. The predicted molar refractivity (Wildman–Crippen MR) is 122 cm³/mol. The molecule has 158 valence electrons. The molecule has 8 heteroatoms. The van der Waals surface area contributed by atoms with Crippen LogP contribution in [-0.4, -0.2) is 34.3 Å². The summed E-state index contributed by atoms with van der Waals surface area (Å²) in [6.07, 6.45) is 2.79. The molecule has 0 aliphatic heterocycles. The van der Waals surface area contributed by atoms with Crippen molar-refractivity contribution >= 4 is 55.6 Å². The molecule has 0 radical (unpaired) electrons. The summed E-state index contributed by atoms with van der Waals surface area (Å²) < 4.78 is 30.5. The molecule has 6 unspecified atom stereocenters. The Morgan fingerprint density at radius 2 is 0.885 bits per heavy atom. The first kappa shape index (κ1) is 27.5. The molecule has 0 rings (SSSR count). The second kappa shape index (κ2) is 14.5. The molecule has 0 saturated carbocycles. The first-order valence-electron chi connectivity index (χ1n) is 9.55. The van der Waals surface area contributed by atoms with Crippen molar-refractivity contribution in [2.24, 2.45) is 17.8 Å². The van der Waals surface area contributed by atoms with Gasteiger partial charge in [-0.05, 0) is 17.8 Å². The van der Waals surface area contributed by atoms with E-state index in [0.717, 1.165) is 19.3 Å². The highest BCUT2D eigenvalue weighted by atomic mass is 79.9. The van der Waals surface area contributed by atoms with Crippen LogP contribution in [0.2, 0.25) is 0 Å². The third kappa shape index (κ3) is 10.9. The van der Waals surface area contributed by atoms with Gasteiger partial charge in [0.05, 0.1) is 19.8 Å². The highest BCUT2D eigenvalue weighted by Gasteiger charge is 2.32. The van der Waals surface area contributed by atoms with E-state index in [2.05, 4.69) is 89.3 Å². The molecule has 0 saturated heterocycles. The smallest absolute Gasteiger partial charge is 0.287 e. The van der Waals surface area contributed by atoms with Crippen LogP contribution < -0.4 is 0 Å². The van der Waals surface area contributed by atoms with Gasteiger partial charge in [0.15, 0.2) is 0 Å².